The number of hydrogen-bond donors (Lipinski definition) is 0. The lowest BCUT2D eigenvalue weighted by molar-refractivity contribution is 0.103. The van der Waals surface area contributed by atoms with Gasteiger partial charge in [0.15, 0.2) is 5.78 Å². The highest BCUT2D eigenvalue weighted by molar-refractivity contribution is 9.10. The maximum Gasteiger partial charge on any atom is 0.199 e. The van der Waals surface area contributed by atoms with E-state index in [1.807, 2.05) is 0 Å². The summed E-state index contributed by atoms with van der Waals surface area (Å²) in [5, 5.41) is 4.07. The zero-order chi connectivity index (χ0) is 12.6. The summed E-state index contributed by atoms with van der Waals surface area (Å²) in [6, 6.07) is 4.30. The third-order valence-corrected chi connectivity index (χ3v) is 2.92. The van der Waals surface area contributed by atoms with E-state index >= 15 is 0 Å². The van der Waals surface area contributed by atoms with E-state index < -0.39 is 5.82 Å². The third kappa shape index (κ3) is 2.29. The molecule has 88 valence electrons. The predicted molar refractivity (Wildman–Crippen MR) is 65.5 cm³/mol. The number of ketones is 1. The lowest BCUT2D eigenvalue weighted by Gasteiger charge is -2.02. The number of benzene rings is 1. The van der Waals surface area contributed by atoms with Crippen LogP contribution in [0, 0.1) is 12.7 Å². The molecule has 0 aliphatic rings. The van der Waals surface area contributed by atoms with Crippen molar-refractivity contribution in [1.29, 1.82) is 0 Å². The molecule has 2 aromatic rings. The number of halogens is 2. The molecule has 0 aliphatic carbocycles. The summed E-state index contributed by atoms with van der Waals surface area (Å²) in [7, 11) is 1.72. The number of rotatable bonds is 2. The van der Waals surface area contributed by atoms with E-state index in [9.17, 15) is 9.18 Å². The van der Waals surface area contributed by atoms with Gasteiger partial charge in [-0.05, 0) is 25.1 Å². The Morgan fingerprint density at radius 1 is 1.41 bits per heavy atom. The molecule has 0 spiro atoms. The lowest BCUT2D eigenvalue weighted by atomic mass is 10.0. The van der Waals surface area contributed by atoms with Gasteiger partial charge in [-0.3, -0.25) is 9.48 Å². The topological polar surface area (TPSA) is 34.9 Å². The molecule has 0 bridgehead atoms. The van der Waals surface area contributed by atoms with Crippen LogP contribution in [0.5, 0.6) is 0 Å². The summed E-state index contributed by atoms with van der Waals surface area (Å²) in [5.74, 6) is -0.879. The van der Waals surface area contributed by atoms with Crippen molar-refractivity contribution >= 4 is 21.7 Å². The Morgan fingerprint density at radius 3 is 2.71 bits per heavy atom. The molecule has 1 heterocycles. The molecule has 0 saturated carbocycles. The van der Waals surface area contributed by atoms with Crippen LogP contribution >= 0.6 is 15.9 Å². The van der Waals surface area contributed by atoms with Crippen LogP contribution in [0.3, 0.4) is 0 Å². The van der Waals surface area contributed by atoms with Gasteiger partial charge in [0.05, 0.1) is 16.8 Å². The quantitative estimate of drug-likeness (QED) is 0.799. The normalized spacial score (nSPS) is 10.6. The van der Waals surface area contributed by atoms with Crippen LogP contribution in [0.25, 0.3) is 0 Å². The summed E-state index contributed by atoms with van der Waals surface area (Å²) in [6.07, 6.45) is 1.60. The van der Waals surface area contributed by atoms with Crippen LogP contribution in [0.4, 0.5) is 4.39 Å². The van der Waals surface area contributed by atoms with Gasteiger partial charge in [0.2, 0.25) is 0 Å². The van der Waals surface area contributed by atoms with Crippen molar-refractivity contribution in [3.05, 3.63) is 51.5 Å². The van der Waals surface area contributed by atoms with E-state index in [4.69, 9.17) is 0 Å². The molecule has 0 saturated heterocycles. The van der Waals surface area contributed by atoms with Crippen molar-refractivity contribution in [2.24, 2.45) is 7.05 Å². The Bertz CT molecular complexity index is 592. The fourth-order valence-corrected chi connectivity index (χ4v) is 2.00. The largest absolute Gasteiger partial charge is 0.288 e. The second kappa shape index (κ2) is 4.41. The first-order valence-corrected chi connectivity index (χ1v) is 5.78. The van der Waals surface area contributed by atoms with E-state index in [1.54, 1.807) is 30.9 Å². The van der Waals surface area contributed by atoms with Crippen molar-refractivity contribution in [1.82, 2.24) is 9.78 Å². The van der Waals surface area contributed by atoms with Gasteiger partial charge in [0.25, 0.3) is 0 Å². The summed E-state index contributed by atoms with van der Waals surface area (Å²) < 4.78 is 15.8. The van der Waals surface area contributed by atoms with E-state index in [0.29, 0.717) is 15.7 Å². The molecule has 0 aliphatic heterocycles. The molecule has 5 heteroatoms. The zero-order valence-electron chi connectivity index (χ0n) is 9.37. The number of hydrogen-bond acceptors (Lipinski definition) is 2. The molecule has 0 amide bonds. The smallest absolute Gasteiger partial charge is 0.199 e. The van der Waals surface area contributed by atoms with Crippen LogP contribution in [0.1, 0.15) is 21.6 Å². The first kappa shape index (κ1) is 12.0. The van der Waals surface area contributed by atoms with E-state index in [0.717, 1.165) is 0 Å². The van der Waals surface area contributed by atoms with Crippen molar-refractivity contribution in [2.45, 2.75) is 6.92 Å². The summed E-state index contributed by atoms with van der Waals surface area (Å²) in [6.45, 7) is 1.73. The molecule has 1 aromatic heterocycles. The first-order chi connectivity index (χ1) is 7.99. The minimum Gasteiger partial charge on any atom is -0.288 e. The SMILES string of the molecule is Cc1nn(C)cc1C(=O)c1cc(Br)ccc1F. The third-order valence-electron chi connectivity index (χ3n) is 2.43. The van der Waals surface area contributed by atoms with Crippen molar-refractivity contribution in [2.75, 3.05) is 0 Å². The second-order valence-electron chi connectivity index (χ2n) is 3.76. The Hall–Kier alpha value is -1.49. The second-order valence-corrected chi connectivity index (χ2v) is 4.67. The molecule has 3 nitrogen and oxygen atoms in total. The van der Waals surface area contributed by atoms with Crippen LogP contribution in [-0.4, -0.2) is 15.6 Å². The van der Waals surface area contributed by atoms with Gasteiger partial charge >= 0.3 is 0 Å². The molecule has 0 radical (unpaired) electrons. The highest BCUT2D eigenvalue weighted by atomic mass is 79.9. The molecule has 2 rings (SSSR count). The Kier molecular flexibility index (Phi) is 3.11. The van der Waals surface area contributed by atoms with Crippen molar-refractivity contribution in [3.8, 4) is 0 Å². The average molecular weight is 297 g/mol. The number of carbonyl (C=O) groups is 1. The zero-order valence-corrected chi connectivity index (χ0v) is 11.0. The maximum absolute atomic E-state index is 13.6. The van der Waals surface area contributed by atoms with Crippen molar-refractivity contribution in [3.63, 3.8) is 0 Å². The average Bonchev–Trinajstić information content (AvgIpc) is 2.60. The van der Waals surface area contributed by atoms with Crippen LogP contribution in [0.15, 0.2) is 28.9 Å². The van der Waals surface area contributed by atoms with Gasteiger partial charge < -0.3 is 0 Å². The summed E-state index contributed by atoms with van der Waals surface area (Å²) in [5.41, 5.74) is 1.07. The van der Waals surface area contributed by atoms with Gasteiger partial charge in [-0.25, -0.2) is 4.39 Å². The molecule has 0 atom stereocenters. The standard InChI is InChI=1S/C12H10BrFN2O/c1-7-10(6-16(2)15-7)12(17)9-5-8(13)3-4-11(9)14/h3-6H,1-2H3. The molecule has 0 fully saturated rings. The molecule has 1 aromatic carbocycles. The fraction of sp³-hybridized carbons (Fsp3) is 0.167. The molecular formula is C12H10BrFN2O. The molecule has 17 heavy (non-hydrogen) atoms. The van der Waals surface area contributed by atoms with Crippen molar-refractivity contribution < 1.29 is 9.18 Å². The highest BCUT2D eigenvalue weighted by Gasteiger charge is 2.18. The molecular weight excluding hydrogens is 287 g/mol. The van der Waals surface area contributed by atoms with E-state index in [-0.39, 0.29) is 11.3 Å². The summed E-state index contributed by atoms with van der Waals surface area (Å²) in [4.78, 5) is 12.1. The Morgan fingerprint density at radius 2 is 2.12 bits per heavy atom. The van der Waals surface area contributed by atoms with E-state index in [2.05, 4.69) is 21.0 Å². The van der Waals surface area contributed by atoms with Gasteiger partial charge in [-0.2, -0.15) is 5.10 Å². The number of aryl methyl sites for hydroxylation is 2. The number of nitrogens with zero attached hydrogens (tertiary/aromatic N) is 2. The van der Waals surface area contributed by atoms with E-state index in [1.165, 1.54) is 12.1 Å². The van der Waals surface area contributed by atoms with Crippen LogP contribution < -0.4 is 0 Å². The highest BCUT2D eigenvalue weighted by Crippen LogP contribution is 2.20. The molecule has 0 N–H and O–H groups in total. The van der Waals surface area contributed by atoms with Gasteiger partial charge in [-0.1, -0.05) is 15.9 Å². The predicted octanol–water partition coefficient (Wildman–Crippen LogP) is 2.86. The van der Waals surface area contributed by atoms with Gasteiger partial charge in [0, 0.05) is 17.7 Å². The minimum absolute atomic E-state index is 0.0514. The number of carbonyl (C=O) groups excluding carboxylic acids is 1. The maximum atomic E-state index is 13.6. The minimum atomic E-state index is -0.526. The lowest BCUT2D eigenvalue weighted by Crippen LogP contribution is -2.04. The Labute approximate surface area is 106 Å². The van der Waals surface area contributed by atoms with Crippen LogP contribution in [-0.2, 0) is 7.05 Å². The van der Waals surface area contributed by atoms with Crippen LogP contribution in [0.2, 0.25) is 0 Å². The molecule has 0 unspecified atom stereocenters. The summed E-state index contributed by atoms with van der Waals surface area (Å²) >= 11 is 3.22. The van der Waals surface area contributed by atoms with Gasteiger partial charge in [-0.15, -0.1) is 0 Å². The monoisotopic (exact) mass is 296 g/mol. The van der Waals surface area contributed by atoms with Gasteiger partial charge in [0.1, 0.15) is 5.82 Å². The fourth-order valence-electron chi connectivity index (χ4n) is 1.64. The number of aromatic nitrogens is 2. The first-order valence-electron chi connectivity index (χ1n) is 4.99. The Balaban J connectivity index is 2.50.